The van der Waals surface area contributed by atoms with Crippen LogP contribution >= 0.6 is 0 Å². The van der Waals surface area contributed by atoms with Gasteiger partial charge < -0.3 is 15.0 Å². The molecule has 0 radical (unpaired) electrons. The summed E-state index contributed by atoms with van der Waals surface area (Å²) in [6.07, 6.45) is 1.80. The minimum atomic E-state index is -0.651. The SMILES string of the molecule is CCC1=C(C(=O)OCCC#N)C(c2ccc([N+](=O)[O-])cc2)C(N(C)C=O)=C(CC)N1. The monoisotopic (exact) mass is 412 g/mol. The van der Waals surface area contributed by atoms with Crippen LogP contribution in [0.15, 0.2) is 46.9 Å². The highest BCUT2D eigenvalue weighted by Crippen LogP contribution is 2.41. The van der Waals surface area contributed by atoms with Crippen LogP contribution in [0, 0.1) is 21.4 Å². The zero-order valence-electron chi connectivity index (χ0n) is 17.2. The molecule has 1 heterocycles. The Balaban J connectivity index is 2.66. The fourth-order valence-electron chi connectivity index (χ4n) is 3.44. The van der Waals surface area contributed by atoms with E-state index in [1.54, 1.807) is 19.2 Å². The Hall–Kier alpha value is -3.67. The van der Waals surface area contributed by atoms with Crippen LogP contribution in [-0.2, 0) is 14.3 Å². The molecule has 9 nitrogen and oxygen atoms in total. The number of likely N-dealkylation sites (N-methyl/N-ethyl adjacent to an activating group) is 1. The van der Waals surface area contributed by atoms with E-state index in [1.165, 1.54) is 17.0 Å². The number of esters is 1. The third-order valence-corrected chi connectivity index (χ3v) is 4.85. The van der Waals surface area contributed by atoms with E-state index in [4.69, 9.17) is 10.00 Å². The first-order valence-electron chi connectivity index (χ1n) is 9.59. The van der Waals surface area contributed by atoms with E-state index in [1.807, 2.05) is 19.9 Å². The molecule has 1 amide bonds. The van der Waals surface area contributed by atoms with Crippen LogP contribution in [0.2, 0.25) is 0 Å². The van der Waals surface area contributed by atoms with Crippen molar-refractivity contribution < 1.29 is 19.2 Å². The molecular weight excluding hydrogens is 388 g/mol. The number of nitrogens with one attached hydrogen (secondary N) is 1. The van der Waals surface area contributed by atoms with E-state index < -0.39 is 16.8 Å². The van der Waals surface area contributed by atoms with Gasteiger partial charge in [0.1, 0.15) is 6.61 Å². The summed E-state index contributed by atoms with van der Waals surface area (Å²) in [5, 5.41) is 23.0. The number of carbonyl (C=O) groups excluding carboxylic acids is 2. The maximum Gasteiger partial charge on any atom is 0.336 e. The van der Waals surface area contributed by atoms with Gasteiger partial charge in [0.15, 0.2) is 0 Å². The number of hydrogen-bond donors (Lipinski definition) is 1. The Morgan fingerprint density at radius 3 is 2.43 bits per heavy atom. The molecule has 1 aliphatic rings. The number of ether oxygens (including phenoxy) is 1. The quantitative estimate of drug-likeness (QED) is 0.217. The Bertz CT molecular complexity index is 928. The second-order valence-electron chi connectivity index (χ2n) is 6.63. The van der Waals surface area contributed by atoms with Crippen LogP contribution in [0.5, 0.6) is 0 Å². The zero-order valence-corrected chi connectivity index (χ0v) is 17.2. The molecular formula is C21H24N4O5. The highest BCUT2D eigenvalue weighted by Gasteiger charge is 2.37. The molecule has 1 aromatic rings. The molecule has 2 rings (SSSR count). The second-order valence-corrected chi connectivity index (χ2v) is 6.63. The van der Waals surface area contributed by atoms with Gasteiger partial charge in [-0.25, -0.2) is 4.79 Å². The minimum absolute atomic E-state index is 0.0496. The Morgan fingerprint density at radius 2 is 1.93 bits per heavy atom. The molecule has 0 fully saturated rings. The van der Waals surface area contributed by atoms with Crippen LogP contribution in [0.1, 0.15) is 44.6 Å². The van der Waals surface area contributed by atoms with Crippen molar-refractivity contribution in [2.45, 2.75) is 39.0 Å². The number of nitro groups is 1. The van der Waals surface area contributed by atoms with E-state index >= 15 is 0 Å². The van der Waals surface area contributed by atoms with Crippen molar-refractivity contribution in [3.8, 4) is 6.07 Å². The van der Waals surface area contributed by atoms with Gasteiger partial charge in [0, 0.05) is 30.6 Å². The van der Waals surface area contributed by atoms with Crippen molar-refractivity contribution >= 4 is 18.1 Å². The van der Waals surface area contributed by atoms with Gasteiger partial charge >= 0.3 is 5.97 Å². The van der Waals surface area contributed by atoms with Crippen molar-refractivity contribution in [1.29, 1.82) is 5.26 Å². The first-order valence-corrected chi connectivity index (χ1v) is 9.59. The molecule has 30 heavy (non-hydrogen) atoms. The van der Waals surface area contributed by atoms with Crippen molar-refractivity contribution in [1.82, 2.24) is 10.2 Å². The van der Waals surface area contributed by atoms with Crippen molar-refractivity contribution in [3.63, 3.8) is 0 Å². The standard InChI is InChI=1S/C21H24N4O5/c1-4-16-19(21(27)30-12-6-11-22)18(14-7-9-15(10-8-14)25(28)29)20(24(3)13-26)17(5-2)23-16/h7-10,13,18,23H,4-6,12H2,1-3H3. The average Bonchev–Trinajstić information content (AvgIpc) is 2.77. The number of carbonyl (C=O) groups is 2. The number of benzene rings is 1. The molecule has 1 unspecified atom stereocenters. The lowest BCUT2D eigenvalue weighted by Crippen LogP contribution is -2.36. The summed E-state index contributed by atoms with van der Waals surface area (Å²) in [7, 11) is 1.59. The Labute approximate surface area is 174 Å². The van der Waals surface area contributed by atoms with Gasteiger partial charge in [-0.2, -0.15) is 5.26 Å². The van der Waals surface area contributed by atoms with Crippen LogP contribution in [0.25, 0.3) is 0 Å². The van der Waals surface area contributed by atoms with Gasteiger partial charge in [0.05, 0.1) is 34.6 Å². The number of nitrogens with zero attached hydrogens (tertiary/aromatic N) is 3. The first kappa shape index (κ1) is 22.6. The summed E-state index contributed by atoms with van der Waals surface area (Å²) in [5.41, 5.74) is 2.88. The largest absolute Gasteiger partial charge is 0.461 e. The van der Waals surface area contributed by atoms with Crippen molar-refractivity contribution in [2.75, 3.05) is 13.7 Å². The maximum absolute atomic E-state index is 13.0. The third kappa shape index (κ3) is 4.66. The lowest BCUT2D eigenvalue weighted by atomic mass is 9.82. The lowest BCUT2D eigenvalue weighted by molar-refractivity contribution is -0.384. The highest BCUT2D eigenvalue weighted by atomic mass is 16.6. The number of non-ortho nitro benzene ring substituents is 1. The first-order chi connectivity index (χ1) is 14.4. The summed E-state index contributed by atoms with van der Waals surface area (Å²) < 4.78 is 5.30. The molecule has 158 valence electrons. The van der Waals surface area contributed by atoms with Crippen LogP contribution in [0.4, 0.5) is 5.69 Å². The van der Waals surface area contributed by atoms with Gasteiger partial charge in [0.25, 0.3) is 5.69 Å². The van der Waals surface area contributed by atoms with E-state index in [0.29, 0.717) is 41.8 Å². The van der Waals surface area contributed by atoms with Crippen molar-refractivity contribution in [2.24, 2.45) is 0 Å². The van der Waals surface area contributed by atoms with Crippen LogP contribution < -0.4 is 5.32 Å². The van der Waals surface area contributed by atoms with Crippen LogP contribution in [0.3, 0.4) is 0 Å². The molecule has 1 aromatic carbocycles. The molecule has 9 heteroatoms. The highest BCUT2D eigenvalue weighted by molar-refractivity contribution is 5.93. The number of nitriles is 1. The van der Waals surface area contributed by atoms with E-state index in [9.17, 15) is 19.7 Å². The molecule has 0 aliphatic carbocycles. The molecule has 0 aromatic heterocycles. The molecule has 1 aliphatic heterocycles. The summed E-state index contributed by atoms with van der Waals surface area (Å²) in [6.45, 7) is 3.77. The molecule has 1 N–H and O–H groups in total. The number of dihydropyridines is 1. The zero-order chi connectivity index (χ0) is 22.3. The average molecular weight is 412 g/mol. The number of rotatable bonds is 9. The number of allylic oxidation sites excluding steroid dienone is 3. The molecule has 0 saturated heterocycles. The van der Waals surface area contributed by atoms with Gasteiger partial charge in [0.2, 0.25) is 6.41 Å². The van der Waals surface area contributed by atoms with Gasteiger partial charge in [-0.3, -0.25) is 14.9 Å². The van der Waals surface area contributed by atoms with Crippen molar-refractivity contribution in [3.05, 3.63) is 62.6 Å². The summed E-state index contributed by atoms with van der Waals surface area (Å²) in [4.78, 5) is 36.6. The minimum Gasteiger partial charge on any atom is -0.461 e. The normalized spacial score (nSPS) is 15.9. The Morgan fingerprint density at radius 1 is 1.30 bits per heavy atom. The molecule has 0 saturated carbocycles. The van der Waals surface area contributed by atoms with Crippen LogP contribution in [-0.4, -0.2) is 35.9 Å². The van der Waals surface area contributed by atoms with Gasteiger partial charge in [-0.1, -0.05) is 26.0 Å². The molecule has 0 spiro atoms. The number of nitro benzene ring substituents is 1. The fraction of sp³-hybridized carbons (Fsp3) is 0.381. The number of hydrogen-bond acceptors (Lipinski definition) is 7. The predicted molar refractivity (Wildman–Crippen MR) is 109 cm³/mol. The molecule has 0 bridgehead atoms. The fourth-order valence-corrected chi connectivity index (χ4v) is 3.44. The number of amides is 1. The third-order valence-electron chi connectivity index (χ3n) is 4.85. The van der Waals surface area contributed by atoms with E-state index in [-0.39, 0.29) is 18.7 Å². The van der Waals surface area contributed by atoms with Gasteiger partial charge in [-0.15, -0.1) is 0 Å². The summed E-state index contributed by atoms with van der Waals surface area (Å²) in [5.74, 6) is -1.24. The van der Waals surface area contributed by atoms with E-state index in [0.717, 1.165) is 5.70 Å². The summed E-state index contributed by atoms with van der Waals surface area (Å²) >= 11 is 0. The molecule has 1 atom stereocenters. The topological polar surface area (TPSA) is 126 Å². The lowest BCUT2D eigenvalue weighted by Gasteiger charge is -2.35. The van der Waals surface area contributed by atoms with E-state index in [2.05, 4.69) is 5.32 Å². The van der Waals surface area contributed by atoms with Gasteiger partial charge in [-0.05, 0) is 18.4 Å². The summed E-state index contributed by atoms with van der Waals surface area (Å²) in [6, 6.07) is 7.82. The Kier molecular flexibility index (Phi) is 7.69. The second kappa shape index (κ2) is 10.2. The predicted octanol–water partition coefficient (Wildman–Crippen LogP) is 3.11. The maximum atomic E-state index is 13.0. The smallest absolute Gasteiger partial charge is 0.336 e.